The van der Waals surface area contributed by atoms with E-state index in [2.05, 4.69) is 39.1 Å². The Morgan fingerprint density at radius 1 is 1.14 bits per heavy atom. The van der Waals surface area contributed by atoms with Crippen LogP contribution in [0.3, 0.4) is 0 Å². The lowest BCUT2D eigenvalue weighted by Crippen LogP contribution is -2.33. The summed E-state index contributed by atoms with van der Waals surface area (Å²) in [5, 5.41) is 4.07. The Bertz CT molecular complexity index is 961. The second kappa shape index (κ2) is 7.80. The molecule has 146 valence electrons. The highest BCUT2D eigenvalue weighted by Crippen LogP contribution is 2.33. The number of piperidine rings is 1. The maximum absolute atomic E-state index is 5.34. The fourth-order valence-electron chi connectivity index (χ4n) is 4.09. The molecule has 0 amide bonds. The fourth-order valence-corrected chi connectivity index (χ4v) is 4.09. The summed E-state index contributed by atoms with van der Waals surface area (Å²) in [4.78, 5) is 16.4. The number of hydrogen-bond donors (Lipinski definition) is 0. The maximum Gasteiger partial charge on any atom is 0.165 e. The molecular weight excluding hydrogens is 350 g/mol. The zero-order valence-corrected chi connectivity index (χ0v) is 17.1. The lowest BCUT2D eigenvalue weighted by Gasteiger charge is -2.35. The molecule has 3 aromatic heterocycles. The SMILES string of the molecule is Cc1cc(C2CCCCN2Cc2ccncc2C)nc(-c2c(C)noc2C)n1. The predicted molar refractivity (Wildman–Crippen MR) is 108 cm³/mol. The van der Waals surface area contributed by atoms with E-state index in [1.807, 2.05) is 33.2 Å². The van der Waals surface area contributed by atoms with Crippen LogP contribution < -0.4 is 0 Å². The van der Waals surface area contributed by atoms with Crippen molar-refractivity contribution in [1.29, 1.82) is 0 Å². The Labute approximate surface area is 166 Å². The first kappa shape index (κ1) is 18.7. The van der Waals surface area contributed by atoms with Crippen molar-refractivity contribution in [2.24, 2.45) is 0 Å². The fraction of sp³-hybridized carbons (Fsp3) is 0.455. The third-order valence-electron chi connectivity index (χ3n) is 5.60. The van der Waals surface area contributed by atoms with E-state index in [1.54, 1.807) is 0 Å². The van der Waals surface area contributed by atoms with E-state index in [9.17, 15) is 0 Å². The molecule has 4 heterocycles. The van der Waals surface area contributed by atoms with Crippen LogP contribution in [-0.4, -0.2) is 31.6 Å². The van der Waals surface area contributed by atoms with Crippen molar-refractivity contribution in [2.45, 2.75) is 59.5 Å². The van der Waals surface area contributed by atoms with Crippen molar-refractivity contribution in [3.8, 4) is 11.4 Å². The summed E-state index contributed by atoms with van der Waals surface area (Å²) in [6.45, 7) is 10.0. The average Bonchev–Trinajstić information content (AvgIpc) is 3.02. The highest BCUT2D eigenvalue weighted by atomic mass is 16.5. The van der Waals surface area contributed by atoms with Gasteiger partial charge < -0.3 is 4.52 Å². The summed E-state index contributed by atoms with van der Waals surface area (Å²) in [5.41, 5.74) is 6.39. The van der Waals surface area contributed by atoms with Gasteiger partial charge in [-0.05, 0) is 70.3 Å². The van der Waals surface area contributed by atoms with Gasteiger partial charge in [0, 0.05) is 24.6 Å². The summed E-state index contributed by atoms with van der Waals surface area (Å²) < 4.78 is 5.34. The number of pyridine rings is 1. The number of nitrogens with zero attached hydrogens (tertiary/aromatic N) is 5. The van der Waals surface area contributed by atoms with Gasteiger partial charge in [-0.1, -0.05) is 11.6 Å². The lowest BCUT2D eigenvalue weighted by atomic mass is 9.97. The molecule has 3 aromatic rings. The van der Waals surface area contributed by atoms with Crippen molar-refractivity contribution in [2.75, 3.05) is 6.54 Å². The van der Waals surface area contributed by atoms with Gasteiger partial charge in [0.2, 0.25) is 0 Å². The normalized spacial score (nSPS) is 17.8. The van der Waals surface area contributed by atoms with Crippen LogP contribution in [0, 0.1) is 27.7 Å². The van der Waals surface area contributed by atoms with Crippen LogP contribution in [0.2, 0.25) is 0 Å². The minimum Gasteiger partial charge on any atom is -0.361 e. The molecule has 1 saturated heterocycles. The number of rotatable bonds is 4. The summed E-state index contributed by atoms with van der Waals surface area (Å²) in [7, 11) is 0. The molecule has 6 heteroatoms. The van der Waals surface area contributed by atoms with Crippen molar-refractivity contribution in [1.82, 2.24) is 25.0 Å². The molecule has 1 aliphatic heterocycles. The second-order valence-corrected chi connectivity index (χ2v) is 7.74. The van der Waals surface area contributed by atoms with Gasteiger partial charge in [0.15, 0.2) is 5.82 Å². The van der Waals surface area contributed by atoms with Crippen LogP contribution in [0.25, 0.3) is 11.4 Å². The first-order valence-corrected chi connectivity index (χ1v) is 9.95. The van der Waals surface area contributed by atoms with Crippen LogP contribution in [-0.2, 0) is 6.54 Å². The Morgan fingerprint density at radius 2 is 2.00 bits per heavy atom. The standard InChI is InChI=1S/C22H27N5O/c1-14-12-23-9-8-18(14)13-27-10-6-5-7-20(27)19-11-15(2)24-22(25-19)21-16(3)26-28-17(21)4/h8-9,11-12,20H,5-7,10,13H2,1-4H3. The zero-order chi connectivity index (χ0) is 19.7. The molecule has 6 nitrogen and oxygen atoms in total. The highest BCUT2D eigenvalue weighted by molar-refractivity contribution is 5.60. The van der Waals surface area contributed by atoms with Crippen molar-refractivity contribution in [3.05, 3.63) is 58.5 Å². The monoisotopic (exact) mass is 377 g/mol. The maximum atomic E-state index is 5.34. The van der Waals surface area contributed by atoms with Crippen LogP contribution in [0.4, 0.5) is 0 Å². The van der Waals surface area contributed by atoms with Gasteiger partial charge in [-0.25, -0.2) is 9.97 Å². The van der Waals surface area contributed by atoms with E-state index < -0.39 is 0 Å². The second-order valence-electron chi connectivity index (χ2n) is 7.74. The minimum absolute atomic E-state index is 0.294. The molecule has 1 unspecified atom stereocenters. The number of likely N-dealkylation sites (tertiary alicyclic amines) is 1. The van der Waals surface area contributed by atoms with Gasteiger partial charge in [0.25, 0.3) is 0 Å². The molecule has 0 bridgehead atoms. The third kappa shape index (κ3) is 3.69. The molecule has 0 saturated carbocycles. The molecule has 1 atom stereocenters. The van der Waals surface area contributed by atoms with Gasteiger partial charge in [-0.15, -0.1) is 0 Å². The quantitative estimate of drug-likeness (QED) is 0.667. The van der Waals surface area contributed by atoms with Gasteiger partial charge >= 0.3 is 0 Å². The molecule has 4 rings (SSSR count). The van der Waals surface area contributed by atoms with Gasteiger partial charge in [0.05, 0.1) is 23.0 Å². The van der Waals surface area contributed by atoms with Gasteiger partial charge in [-0.3, -0.25) is 9.88 Å². The molecule has 0 aromatic carbocycles. The zero-order valence-electron chi connectivity index (χ0n) is 17.1. The smallest absolute Gasteiger partial charge is 0.165 e. The van der Waals surface area contributed by atoms with E-state index in [1.165, 1.54) is 24.0 Å². The predicted octanol–water partition coefficient (Wildman–Crippen LogP) is 4.49. The van der Waals surface area contributed by atoms with Crippen LogP contribution in [0.1, 0.15) is 59.3 Å². The first-order chi connectivity index (χ1) is 13.5. The Balaban J connectivity index is 1.69. The van der Waals surface area contributed by atoms with E-state index >= 15 is 0 Å². The Hall–Kier alpha value is -2.60. The minimum atomic E-state index is 0.294. The van der Waals surface area contributed by atoms with Crippen molar-refractivity contribution < 1.29 is 4.52 Å². The van der Waals surface area contributed by atoms with Crippen molar-refractivity contribution >= 4 is 0 Å². The molecule has 28 heavy (non-hydrogen) atoms. The molecule has 1 fully saturated rings. The Kier molecular flexibility index (Phi) is 5.22. The van der Waals surface area contributed by atoms with Gasteiger partial charge in [-0.2, -0.15) is 0 Å². The number of aryl methyl sites for hydroxylation is 4. The van der Waals surface area contributed by atoms with E-state index in [4.69, 9.17) is 9.51 Å². The highest BCUT2D eigenvalue weighted by Gasteiger charge is 2.27. The molecule has 0 aliphatic carbocycles. The molecule has 0 N–H and O–H groups in total. The van der Waals surface area contributed by atoms with Crippen LogP contribution in [0.5, 0.6) is 0 Å². The molecular formula is C22H27N5O. The third-order valence-corrected chi connectivity index (χ3v) is 5.60. The van der Waals surface area contributed by atoms with E-state index in [0.29, 0.717) is 6.04 Å². The largest absolute Gasteiger partial charge is 0.361 e. The first-order valence-electron chi connectivity index (χ1n) is 9.95. The number of aromatic nitrogens is 4. The summed E-state index contributed by atoms with van der Waals surface area (Å²) in [5.74, 6) is 1.49. The lowest BCUT2D eigenvalue weighted by molar-refractivity contribution is 0.137. The molecule has 1 aliphatic rings. The summed E-state index contributed by atoms with van der Waals surface area (Å²) in [6, 6.07) is 4.55. The van der Waals surface area contributed by atoms with Crippen LogP contribution in [0.15, 0.2) is 29.0 Å². The molecule has 0 radical (unpaired) electrons. The summed E-state index contributed by atoms with van der Waals surface area (Å²) >= 11 is 0. The van der Waals surface area contributed by atoms with Gasteiger partial charge in [0.1, 0.15) is 5.76 Å². The topological polar surface area (TPSA) is 67.9 Å². The van der Waals surface area contributed by atoms with E-state index in [0.717, 1.165) is 53.7 Å². The number of hydrogen-bond acceptors (Lipinski definition) is 6. The average molecular weight is 377 g/mol. The Morgan fingerprint density at radius 3 is 2.75 bits per heavy atom. The van der Waals surface area contributed by atoms with Crippen molar-refractivity contribution in [3.63, 3.8) is 0 Å². The van der Waals surface area contributed by atoms with E-state index in [-0.39, 0.29) is 0 Å². The summed E-state index contributed by atoms with van der Waals surface area (Å²) in [6.07, 6.45) is 7.38. The molecule has 0 spiro atoms. The van der Waals surface area contributed by atoms with Crippen LogP contribution >= 0.6 is 0 Å².